The molecule has 0 bridgehead atoms. The van der Waals surface area contributed by atoms with Crippen LogP contribution in [-0.4, -0.2) is 49.1 Å². The fraction of sp³-hybridized carbons (Fsp3) is 0.200. The molecule has 0 spiro atoms. The minimum atomic E-state index is -1.07. The van der Waals surface area contributed by atoms with E-state index in [2.05, 4.69) is 4.98 Å². The number of nitrogens with zero attached hydrogens (tertiary/aromatic N) is 2. The van der Waals surface area contributed by atoms with E-state index in [1.54, 1.807) is 49.4 Å². The van der Waals surface area contributed by atoms with Crippen molar-refractivity contribution in [3.05, 3.63) is 74.8 Å². The summed E-state index contributed by atoms with van der Waals surface area (Å²) >= 11 is 6.89. The quantitative estimate of drug-likeness (QED) is 0.215. The Kier molecular flexibility index (Phi) is 7.00. The maximum atomic E-state index is 13.3. The zero-order valence-corrected chi connectivity index (χ0v) is 21.3. The summed E-state index contributed by atoms with van der Waals surface area (Å²) in [4.78, 5) is 44.6. The lowest BCUT2D eigenvalue weighted by atomic mass is 9.95. The van der Waals surface area contributed by atoms with E-state index in [9.17, 15) is 19.5 Å². The van der Waals surface area contributed by atoms with E-state index in [0.717, 1.165) is 16.2 Å². The van der Waals surface area contributed by atoms with Crippen LogP contribution in [0.4, 0.5) is 5.13 Å². The topological polar surface area (TPSA) is 115 Å². The number of aliphatic hydroxyl groups is 1. The van der Waals surface area contributed by atoms with Gasteiger partial charge < -0.3 is 19.3 Å². The minimum Gasteiger partial charge on any atom is -0.507 e. The number of hydrogen-bond donors (Lipinski definition) is 1. The van der Waals surface area contributed by atoms with Crippen LogP contribution >= 0.6 is 22.9 Å². The second-order valence-electron chi connectivity index (χ2n) is 7.69. The van der Waals surface area contributed by atoms with Crippen LogP contribution in [0.1, 0.15) is 32.5 Å². The number of amides is 1. The number of aromatic nitrogens is 1. The Morgan fingerprint density at radius 3 is 2.33 bits per heavy atom. The number of methoxy groups -OCH3 is 3. The summed E-state index contributed by atoms with van der Waals surface area (Å²) in [6.07, 6.45) is 0. The monoisotopic (exact) mass is 528 g/mol. The van der Waals surface area contributed by atoms with Gasteiger partial charge in [0.05, 0.1) is 38.6 Å². The second kappa shape index (κ2) is 10.00. The average molecular weight is 529 g/mol. The third-order valence-corrected chi connectivity index (χ3v) is 7.04. The van der Waals surface area contributed by atoms with Crippen LogP contribution in [0.15, 0.2) is 48.0 Å². The van der Waals surface area contributed by atoms with Crippen molar-refractivity contribution in [3.63, 3.8) is 0 Å². The van der Waals surface area contributed by atoms with Crippen LogP contribution in [0.25, 0.3) is 5.76 Å². The number of rotatable bonds is 6. The van der Waals surface area contributed by atoms with Gasteiger partial charge in [-0.1, -0.05) is 29.0 Å². The van der Waals surface area contributed by atoms with Gasteiger partial charge in [-0.15, -0.1) is 0 Å². The normalized spacial score (nSPS) is 16.8. The number of aliphatic hydroxyl groups excluding tert-OH is 1. The molecule has 1 atom stereocenters. The van der Waals surface area contributed by atoms with Crippen molar-refractivity contribution >= 4 is 51.5 Å². The van der Waals surface area contributed by atoms with Gasteiger partial charge in [0.1, 0.15) is 10.6 Å². The second-order valence-corrected chi connectivity index (χ2v) is 9.11. The predicted octanol–water partition coefficient (Wildman–Crippen LogP) is 4.54. The molecule has 2 aromatic carbocycles. The fourth-order valence-electron chi connectivity index (χ4n) is 3.90. The lowest BCUT2D eigenvalue weighted by molar-refractivity contribution is -0.132. The Balaban J connectivity index is 1.96. The summed E-state index contributed by atoms with van der Waals surface area (Å²) in [5, 5.41) is 11.7. The summed E-state index contributed by atoms with van der Waals surface area (Å²) in [5.74, 6) is -2.01. The number of benzene rings is 2. The molecule has 2 heterocycles. The number of ether oxygens (including phenoxy) is 3. The number of Topliss-reactive ketones (excluding diaryl/α,β-unsaturated/α-hetero) is 1. The van der Waals surface area contributed by atoms with E-state index in [1.807, 2.05) is 0 Å². The number of hydrogen-bond acceptors (Lipinski definition) is 9. The molecule has 9 nitrogen and oxygen atoms in total. The van der Waals surface area contributed by atoms with E-state index < -0.39 is 23.7 Å². The van der Waals surface area contributed by atoms with Gasteiger partial charge >= 0.3 is 11.9 Å². The van der Waals surface area contributed by atoms with E-state index >= 15 is 0 Å². The first kappa shape index (κ1) is 25.2. The Hall–Kier alpha value is -3.89. The van der Waals surface area contributed by atoms with Gasteiger partial charge in [0.2, 0.25) is 0 Å². The standard InChI is InChI=1S/C25H21ClN2O7S/c1-12-22(24(32)35-4)36-25(27-12)28-19(14-7-10-16(33-2)17(11-14)34-3)18(21(30)23(28)31)20(29)13-5-8-15(26)9-6-13/h5-11,19,29H,1-4H3/b20-18+/t19-/m1/s1. The van der Waals surface area contributed by atoms with Crippen molar-refractivity contribution < 1.29 is 33.7 Å². The SMILES string of the molecule is COC(=O)c1sc(N2C(=O)C(=O)/C(=C(/O)c3ccc(Cl)cc3)[C@H]2c2ccc(OC)c(OC)c2)nc1C. The van der Waals surface area contributed by atoms with Crippen molar-refractivity contribution in [2.24, 2.45) is 0 Å². The number of carbonyl (C=O) groups excluding carboxylic acids is 3. The smallest absolute Gasteiger partial charge is 0.350 e. The molecule has 1 fully saturated rings. The van der Waals surface area contributed by atoms with Crippen LogP contribution in [-0.2, 0) is 14.3 Å². The highest BCUT2D eigenvalue weighted by Gasteiger charge is 2.48. The predicted molar refractivity (Wildman–Crippen MR) is 134 cm³/mol. The van der Waals surface area contributed by atoms with Crippen molar-refractivity contribution in [3.8, 4) is 11.5 Å². The molecule has 3 aromatic rings. The molecule has 11 heteroatoms. The van der Waals surface area contributed by atoms with Gasteiger partial charge in [-0.3, -0.25) is 14.5 Å². The Morgan fingerprint density at radius 1 is 1.06 bits per heavy atom. The first-order valence-corrected chi connectivity index (χ1v) is 11.8. The molecule has 186 valence electrons. The van der Waals surface area contributed by atoms with E-state index in [1.165, 1.54) is 21.3 Å². The summed E-state index contributed by atoms with van der Waals surface area (Å²) < 4.78 is 15.5. The number of anilines is 1. The van der Waals surface area contributed by atoms with Gasteiger partial charge in [-0.05, 0) is 48.9 Å². The first-order valence-electron chi connectivity index (χ1n) is 10.6. The Bertz CT molecular complexity index is 1400. The summed E-state index contributed by atoms with van der Waals surface area (Å²) in [6, 6.07) is 10.0. The molecular formula is C25H21ClN2O7S. The highest BCUT2D eigenvalue weighted by molar-refractivity contribution is 7.17. The molecule has 36 heavy (non-hydrogen) atoms. The number of aryl methyl sites for hydroxylation is 1. The lowest BCUT2D eigenvalue weighted by Crippen LogP contribution is -2.29. The Morgan fingerprint density at radius 2 is 1.72 bits per heavy atom. The van der Waals surface area contributed by atoms with Gasteiger partial charge in [-0.2, -0.15) is 0 Å². The Labute approximate surface area is 215 Å². The number of esters is 1. The zero-order chi connectivity index (χ0) is 26.1. The van der Waals surface area contributed by atoms with Crippen LogP contribution in [0, 0.1) is 6.92 Å². The van der Waals surface area contributed by atoms with Crippen molar-refractivity contribution in [2.75, 3.05) is 26.2 Å². The van der Waals surface area contributed by atoms with Crippen molar-refractivity contribution in [2.45, 2.75) is 13.0 Å². The summed E-state index contributed by atoms with van der Waals surface area (Å²) in [7, 11) is 4.18. The summed E-state index contributed by atoms with van der Waals surface area (Å²) in [5.41, 5.74) is 0.942. The molecule has 0 radical (unpaired) electrons. The molecule has 1 aliphatic rings. The van der Waals surface area contributed by atoms with Crippen molar-refractivity contribution in [1.29, 1.82) is 0 Å². The van der Waals surface area contributed by atoms with E-state index in [-0.39, 0.29) is 21.3 Å². The number of ketones is 1. The molecule has 0 saturated carbocycles. The maximum Gasteiger partial charge on any atom is 0.350 e. The first-order chi connectivity index (χ1) is 17.2. The van der Waals surface area contributed by atoms with Crippen LogP contribution in [0.3, 0.4) is 0 Å². The fourth-order valence-corrected chi connectivity index (χ4v) is 5.04. The zero-order valence-electron chi connectivity index (χ0n) is 19.7. The molecule has 1 aromatic heterocycles. The van der Waals surface area contributed by atoms with Gasteiger partial charge in [0, 0.05) is 10.6 Å². The van der Waals surface area contributed by atoms with Gasteiger partial charge in [-0.25, -0.2) is 9.78 Å². The van der Waals surface area contributed by atoms with Crippen molar-refractivity contribution in [1.82, 2.24) is 4.98 Å². The average Bonchev–Trinajstić information content (AvgIpc) is 3.39. The maximum absolute atomic E-state index is 13.3. The van der Waals surface area contributed by atoms with E-state index in [0.29, 0.717) is 33.3 Å². The molecule has 0 aliphatic carbocycles. The lowest BCUT2D eigenvalue weighted by Gasteiger charge is -2.23. The molecule has 4 rings (SSSR count). The molecule has 1 aliphatic heterocycles. The minimum absolute atomic E-state index is 0.102. The third-order valence-electron chi connectivity index (χ3n) is 5.65. The number of thiazole rings is 1. The molecule has 0 unspecified atom stereocenters. The molecule has 1 saturated heterocycles. The van der Waals surface area contributed by atoms with Crippen LogP contribution < -0.4 is 14.4 Å². The largest absolute Gasteiger partial charge is 0.507 e. The van der Waals surface area contributed by atoms with Crippen LogP contribution in [0.2, 0.25) is 5.02 Å². The molecular weight excluding hydrogens is 508 g/mol. The molecule has 1 amide bonds. The van der Waals surface area contributed by atoms with E-state index in [4.69, 9.17) is 25.8 Å². The van der Waals surface area contributed by atoms with Gasteiger partial charge in [0.25, 0.3) is 5.78 Å². The number of carbonyl (C=O) groups is 3. The van der Waals surface area contributed by atoms with Crippen LogP contribution in [0.5, 0.6) is 11.5 Å². The summed E-state index contributed by atoms with van der Waals surface area (Å²) in [6.45, 7) is 1.60. The molecule has 1 N–H and O–H groups in total. The highest BCUT2D eigenvalue weighted by Crippen LogP contribution is 2.45. The number of halogens is 1. The highest BCUT2D eigenvalue weighted by atomic mass is 35.5. The third kappa shape index (κ3) is 4.29. The van der Waals surface area contributed by atoms with Gasteiger partial charge in [0.15, 0.2) is 16.6 Å².